The quantitative estimate of drug-likeness (QED) is 0.916. The van der Waals surface area contributed by atoms with Gasteiger partial charge in [0.25, 0.3) is 0 Å². The van der Waals surface area contributed by atoms with Crippen LogP contribution in [0.15, 0.2) is 36.7 Å². The Morgan fingerprint density at radius 1 is 1.11 bits per heavy atom. The average molecular weight is 256 g/mol. The highest BCUT2D eigenvalue weighted by atomic mass is 15.3. The van der Waals surface area contributed by atoms with Gasteiger partial charge < -0.3 is 10.3 Å². The Bertz CT molecular complexity index is 512. The standard InChI is InChI=1S/C15H20N4/c16-14-8-6-13(7-9-14)15-18-17-11-19(15)10-12-4-2-1-3-5-12/h1-5,11,13-14H,6-10,16H2. The van der Waals surface area contributed by atoms with E-state index >= 15 is 0 Å². The zero-order valence-corrected chi connectivity index (χ0v) is 11.1. The molecule has 0 aliphatic heterocycles. The number of rotatable bonds is 3. The van der Waals surface area contributed by atoms with E-state index in [2.05, 4.69) is 39.0 Å². The van der Waals surface area contributed by atoms with Crippen LogP contribution in [0.1, 0.15) is 43.0 Å². The maximum Gasteiger partial charge on any atom is 0.136 e. The van der Waals surface area contributed by atoms with Crippen molar-refractivity contribution >= 4 is 0 Å². The van der Waals surface area contributed by atoms with Gasteiger partial charge in [-0.25, -0.2) is 0 Å². The van der Waals surface area contributed by atoms with Crippen molar-refractivity contribution in [1.29, 1.82) is 0 Å². The van der Waals surface area contributed by atoms with Crippen LogP contribution in [0.3, 0.4) is 0 Å². The van der Waals surface area contributed by atoms with Crippen molar-refractivity contribution in [2.75, 3.05) is 0 Å². The smallest absolute Gasteiger partial charge is 0.136 e. The van der Waals surface area contributed by atoms with Gasteiger partial charge in [-0.3, -0.25) is 0 Å². The SMILES string of the molecule is NC1CCC(c2nncn2Cc2ccccc2)CC1. The molecule has 4 heteroatoms. The first-order chi connectivity index (χ1) is 9.33. The molecule has 0 radical (unpaired) electrons. The van der Waals surface area contributed by atoms with Crippen molar-refractivity contribution in [3.63, 3.8) is 0 Å². The van der Waals surface area contributed by atoms with Crippen LogP contribution in [0.4, 0.5) is 0 Å². The van der Waals surface area contributed by atoms with Gasteiger partial charge in [-0.2, -0.15) is 0 Å². The molecule has 0 unspecified atom stereocenters. The highest BCUT2D eigenvalue weighted by molar-refractivity contribution is 5.16. The summed E-state index contributed by atoms with van der Waals surface area (Å²) in [6.07, 6.45) is 6.31. The molecule has 0 atom stereocenters. The number of hydrogen-bond donors (Lipinski definition) is 1. The Morgan fingerprint density at radius 3 is 2.58 bits per heavy atom. The number of nitrogens with zero attached hydrogens (tertiary/aromatic N) is 3. The molecule has 0 spiro atoms. The van der Waals surface area contributed by atoms with E-state index in [0.717, 1.165) is 38.1 Å². The third-order valence-electron chi connectivity index (χ3n) is 3.98. The van der Waals surface area contributed by atoms with Crippen LogP contribution < -0.4 is 5.73 Å². The van der Waals surface area contributed by atoms with E-state index in [4.69, 9.17) is 5.73 Å². The number of benzene rings is 1. The van der Waals surface area contributed by atoms with Gasteiger partial charge in [-0.15, -0.1) is 10.2 Å². The summed E-state index contributed by atoms with van der Waals surface area (Å²) in [7, 11) is 0. The predicted octanol–water partition coefficient (Wildman–Crippen LogP) is 2.31. The Morgan fingerprint density at radius 2 is 1.84 bits per heavy atom. The molecule has 1 heterocycles. The molecule has 2 N–H and O–H groups in total. The molecule has 100 valence electrons. The molecule has 1 aromatic heterocycles. The van der Waals surface area contributed by atoms with Crippen LogP contribution in [0.5, 0.6) is 0 Å². The molecule has 1 aliphatic rings. The summed E-state index contributed by atoms with van der Waals surface area (Å²) < 4.78 is 2.18. The molecule has 1 aromatic carbocycles. The zero-order valence-electron chi connectivity index (χ0n) is 11.1. The largest absolute Gasteiger partial charge is 0.328 e. The van der Waals surface area contributed by atoms with E-state index < -0.39 is 0 Å². The second kappa shape index (κ2) is 5.53. The lowest BCUT2D eigenvalue weighted by Crippen LogP contribution is -2.26. The van der Waals surface area contributed by atoms with Crippen LogP contribution in [0, 0.1) is 0 Å². The van der Waals surface area contributed by atoms with Gasteiger partial charge in [0.05, 0.1) is 6.54 Å². The molecule has 1 fully saturated rings. The fourth-order valence-corrected chi connectivity index (χ4v) is 2.86. The minimum Gasteiger partial charge on any atom is -0.328 e. The van der Waals surface area contributed by atoms with Crippen molar-refractivity contribution in [3.8, 4) is 0 Å². The Balaban J connectivity index is 1.75. The molecule has 0 saturated heterocycles. The van der Waals surface area contributed by atoms with Gasteiger partial charge in [0.1, 0.15) is 12.2 Å². The van der Waals surface area contributed by atoms with Crippen molar-refractivity contribution in [2.45, 2.75) is 44.2 Å². The predicted molar refractivity (Wildman–Crippen MR) is 74.8 cm³/mol. The molecular weight excluding hydrogens is 236 g/mol. The average Bonchev–Trinajstić information content (AvgIpc) is 2.89. The number of hydrogen-bond acceptors (Lipinski definition) is 3. The zero-order chi connectivity index (χ0) is 13.1. The van der Waals surface area contributed by atoms with Gasteiger partial charge in [0.2, 0.25) is 0 Å². The van der Waals surface area contributed by atoms with E-state index in [1.807, 2.05) is 12.4 Å². The molecule has 4 nitrogen and oxygen atoms in total. The van der Waals surface area contributed by atoms with Gasteiger partial charge in [-0.1, -0.05) is 30.3 Å². The maximum absolute atomic E-state index is 5.97. The Labute approximate surface area is 113 Å². The fraction of sp³-hybridized carbons (Fsp3) is 0.467. The van der Waals surface area contributed by atoms with E-state index in [-0.39, 0.29) is 0 Å². The summed E-state index contributed by atoms with van der Waals surface area (Å²) in [5.41, 5.74) is 7.26. The third kappa shape index (κ3) is 2.84. The molecule has 1 saturated carbocycles. The lowest BCUT2D eigenvalue weighted by Gasteiger charge is -2.25. The fourth-order valence-electron chi connectivity index (χ4n) is 2.86. The van der Waals surface area contributed by atoms with Crippen LogP contribution in [0.25, 0.3) is 0 Å². The Hall–Kier alpha value is -1.68. The minimum atomic E-state index is 0.377. The molecule has 0 bridgehead atoms. The van der Waals surface area contributed by atoms with Gasteiger partial charge in [-0.05, 0) is 31.2 Å². The van der Waals surface area contributed by atoms with E-state index in [0.29, 0.717) is 12.0 Å². The van der Waals surface area contributed by atoms with E-state index in [9.17, 15) is 0 Å². The highest BCUT2D eigenvalue weighted by Crippen LogP contribution is 2.31. The molecular formula is C15H20N4. The monoisotopic (exact) mass is 256 g/mol. The van der Waals surface area contributed by atoms with Crippen molar-refractivity contribution in [1.82, 2.24) is 14.8 Å². The second-order valence-corrected chi connectivity index (χ2v) is 5.41. The summed E-state index contributed by atoms with van der Waals surface area (Å²) in [6, 6.07) is 10.8. The molecule has 3 rings (SSSR count). The highest BCUT2D eigenvalue weighted by Gasteiger charge is 2.23. The first-order valence-electron chi connectivity index (χ1n) is 7.00. The molecule has 19 heavy (non-hydrogen) atoms. The van der Waals surface area contributed by atoms with E-state index in [1.54, 1.807) is 0 Å². The van der Waals surface area contributed by atoms with Crippen molar-refractivity contribution in [3.05, 3.63) is 48.0 Å². The van der Waals surface area contributed by atoms with Crippen LogP contribution >= 0.6 is 0 Å². The van der Waals surface area contributed by atoms with Crippen LogP contribution in [-0.2, 0) is 6.54 Å². The number of nitrogens with two attached hydrogens (primary N) is 1. The van der Waals surface area contributed by atoms with Gasteiger partial charge in [0.15, 0.2) is 0 Å². The second-order valence-electron chi connectivity index (χ2n) is 5.41. The lowest BCUT2D eigenvalue weighted by molar-refractivity contribution is 0.377. The molecule has 0 amide bonds. The van der Waals surface area contributed by atoms with Gasteiger partial charge in [0, 0.05) is 12.0 Å². The summed E-state index contributed by atoms with van der Waals surface area (Å²) in [4.78, 5) is 0. The van der Waals surface area contributed by atoms with E-state index in [1.165, 1.54) is 5.56 Å². The van der Waals surface area contributed by atoms with Crippen molar-refractivity contribution < 1.29 is 0 Å². The van der Waals surface area contributed by atoms with Crippen molar-refractivity contribution in [2.24, 2.45) is 5.73 Å². The first kappa shape index (κ1) is 12.4. The first-order valence-corrected chi connectivity index (χ1v) is 7.00. The Kier molecular flexibility index (Phi) is 3.60. The summed E-state index contributed by atoms with van der Waals surface area (Å²) in [5.74, 6) is 1.64. The van der Waals surface area contributed by atoms with Crippen LogP contribution in [-0.4, -0.2) is 20.8 Å². The van der Waals surface area contributed by atoms with Gasteiger partial charge >= 0.3 is 0 Å². The molecule has 2 aromatic rings. The normalized spacial score (nSPS) is 23.4. The molecule has 1 aliphatic carbocycles. The minimum absolute atomic E-state index is 0.377. The van der Waals surface area contributed by atoms with Crippen LogP contribution in [0.2, 0.25) is 0 Å². The summed E-state index contributed by atoms with van der Waals surface area (Å²) >= 11 is 0. The lowest BCUT2D eigenvalue weighted by atomic mass is 9.86. The maximum atomic E-state index is 5.97. The summed E-state index contributed by atoms with van der Waals surface area (Å²) in [5, 5.41) is 8.43. The topological polar surface area (TPSA) is 56.7 Å². The number of aromatic nitrogens is 3. The summed E-state index contributed by atoms with van der Waals surface area (Å²) in [6.45, 7) is 0.853. The third-order valence-corrected chi connectivity index (χ3v) is 3.98.